The summed E-state index contributed by atoms with van der Waals surface area (Å²) in [5.74, 6) is 0.317. The number of ether oxygens (including phenoxy) is 1. The van der Waals surface area contributed by atoms with E-state index in [1.165, 1.54) is 12.1 Å². The maximum absolute atomic E-state index is 12.7. The SMILES string of the molecule is N#Cc1cccc(COc2ccc(F)cc2)c1. The highest BCUT2D eigenvalue weighted by atomic mass is 19.1. The molecule has 3 heteroatoms. The molecule has 0 spiro atoms. The van der Waals surface area contributed by atoms with Gasteiger partial charge in [0.15, 0.2) is 0 Å². The van der Waals surface area contributed by atoms with E-state index < -0.39 is 0 Å². The lowest BCUT2D eigenvalue weighted by Crippen LogP contribution is -1.95. The highest BCUT2D eigenvalue weighted by molar-refractivity contribution is 5.32. The standard InChI is InChI=1S/C14H10FNO/c15-13-4-6-14(7-5-13)17-10-12-3-1-2-11(8-12)9-16/h1-8H,10H2. The van der Waals surface area contributed by atoms with Crippen molar-refractivity contribution in [1.82, 2.24) is 0 Å². The second-order valence-electron chi connectivity index (χ2n) is 3.55. The maximum Gasteiger partial charge on any atom is 0.123 e. The second kappa shape index (κ2) is 5.13. The van der Waals surface area contributed by atoms with Crippen molar-refractivity contribution in [3.63, 3.8) is 0 Å². The molecule has 0 aromatic heterocycles. The summed E-state index contributed by atoms with van der Waals surface area (Å²) < 4.78 is 18.1. The van der Waals surface area contributed by atoms with Crippen LogP contribution in [0, 0.1) is 17.1 Å². The lowest BCUT2D eigenvalue weighted by molar-refractivity contribution is 0.305. The summed E-state index contributed by atoms with van der Waals surface area (Å²) in [4.78, 5) is 0. The zero-order valence-corrected chi connectivity index (χ0v) is 9.06. The Morgan fingerprint density at radius 2 is 1.88 bits per heavy atom. The van der Waals surface area contributed by atoms with Crippen LogP contribution in [0.1, 0.15) is 11.1 Å². The van der Waals surface area contributed by atoms with Crippen molar-refractivity contribution in [3.8, 4) is 11.8 Å². The first kappa shape index (κ1) is 11.2. The van der Waals surface area contributed by atoms with Gasteiger partial charge < -0.3 is 4.74 Å². The number of rotatable bonds is 3. The molecular formula is C14H10FNO. The third-order valence-electron chi connectivity index (χ3n) is 2.28. The normalized spacial score (nSPS) is 9.65. The first-order chi connectivity index (χ1) is 8.28. The zero-order chi connectivity index (χ0) is 12.1. The van der Waals surface area contributed by atoms with E-state index in [-0.39, 0.29) is 5.82 Å². The van der Waals surface area contributed by atoms with Gasteiger partial charge >= 0.3 is 0 Å². The van der Waals surface area contributed by atoms with E-state index in [2.05, 4.69) is 6.07 Å². The summed E-state index contributed by atoms with van der Waals surface area (Å²) in [5.41, 5.74) is 1.51. The molecule has 0 saturated carbocycles. The fraction of sp³-hybridized carbons (Fsp3) is 0.0714. The number of nitrogens with zero attached hydrogens (tertiary/aromatic N) is 1. The number of nitriles is 1. The Morgan fingerprint density at radius 1 is 1.12 bits per heavy atom. The molecule has 0 radical (unpaired) electrons. The molecule has 84 valence electrons. The Kier molecular flexibility index (Phi) is 3.37. The van der Waals surface area contributed by atoms with Crippen LogP contribution < -0.4 is 4.74 Å². The van der Waals surface area contributed by atoms with E-state index >= 15 is 0 Å². The Bertz CT molecular complexity index is 543. The van der Waals surface area contributed by atoms with E-state index in [4.69, 9.17) is 10.00 Å². The highest BCUT2D eigenvalue weighted by Gasteiger charge is 1.98. The van der Waals surface area contributed by atoms with Crippen molar-refractivity contribution >= 4 is 0 Å². The molecule has 0 aliphatic heterocycles. The molecule has 17 heavy (non-hydrogen) atoms. The Balaban J connectivity index is 2.02. The van der Waals surface area contributed by atoms with E-state index in [0.717, 1.165) is 5.56 Å². The smallest absolute Gasteiger partial charge is 0.123 e. The van der Waals surface area contributed by atoms with Crippen LogP contribution in [-0.4, -0.2) is 0 Å². The van der Waals surface area contributed by atoms with Crippen LogP contribution in [-0.2, 0) is 6.61 Å². The lowest BCUT2D eigenvalue weighted by atomic mass is 10.1. The molecule has 0 saturated heterocycles. The summed E-state index contributed by atoms with van der Waals surface area (Å²) in [6.45, 7) is 0.362. The molecule has 0 fully saturated rings. The molecule has 0 bridgehead atoms. The molecule has 0 atom stereocenters. The van der Waals surface area contributed by atoms with Crippen LogP contribution in [0.15, 0.2) is 48.5 Å². The minimum Gasteiger partial charge on any atom is -0.489 e. The monoisotopic (exact) mass is 227 g/mol. The van der Waals surface area contributed by atoms with Crippen LogP contribution in [0.25, 0.3) is 0 Å². The van der Waals surface area contributed by atoms with Gasteiger partial charge in [0.2, 0.25) is 0 Å². The Morgan fingerprint density at radius 3 is 2.59 bits per heavy atom. The molecule has 0 heterocycles. The molecular weight excluding hydrogens is 217 g/mol. The zero-order valence-electron chi connectivity index (χ0n) is 9.06. The van der Waals surface area contributed by atoms with Crippen molar-refractivity contribution in [2.45, 2.75) is 6.61 Å². The van der Waals surface area contributed by atoms with Crippen molar-refractivity contribution in [1.29, 1.82) is 5.26 Å². The van der Waals surface area contributed by atoms with E-state index in [1.807, 2.05) is 12.1 Å². The van der Waals surface area contributed by atoms with Gasteiger partial charge in [-0.15, -0.1) is 0 Å². The van der Waals surface area contributed by atoms with E-state index in [0.29, 0.717) is 17.9 Å². The van der Waals surface area contributed by atoms with E-state index in [9.17, 15) is 4.39 Å². The van der Waals surface area contributed by atoms with Gasteiger partial charge in [0.25, 0.3) is 0 Å². The fourth-order valence-electron chi connectivity index (χ4n) is 1.43. The first-order valence-corrected chi connectivity index (χ1v) is 5.15. The van der Waals surface area contributed by atoms with Gasteiger partial charge in [-0.3, -0.25) is 0 Å². The third-order valence-corrected chi connectivity index (χ3v) is 2.28. The van der Waals surface area contributed by atoms with Crippen LogP contribution in [0.3, 0.4) is 0 Å². The predicted molar refractivity (Wildman–Crippen MR) is 61.9 cm³/mol. The number of benzene rings is 2. The minimum absolute atomic E-state index is 0.288. The molecule has 0 amide bonds. The quantitative estimate of drug-likeness (QED) is 0.806. The third kappa shape index (κ3) is 3.05. The van der Waals surface area contributed by atoms with Crippen LogP contribution in [0.2, 0.25) is 0 Å². The molecule has 0 unspecified atom stereocenters. The van der Waals surface area contributed by atoms with Gasteiger partial charge in [-0.2, -0.15) is 5.26 Å². The molecule has 2 nitrogen and oxygen atoms in total. The largest absolute Gasteiger partial charge is 0.489 e. The fourth-order valence-corrected chi connectivity index (χ4v) is 1.43. The van der Waals surface area contributed by atoms with Crippen LogP contribution >= 0.6 is 0 Å². The van der Waals surface area contributed by atoms with Gasteiger partial charge in [-0.1, -0.05) is 12.1 Å². The van der Waals surface area contributed by atoms with Gasteiger partial charge in [0, 0.05) is 0 Å². The topological polar surface area (TPSA) is 33.0 Å². The predicted octanol–water partition coefficient (Wildman–Crippen LogP) is 3.28. The average molecular weight is 227 g/mol. The summed E-state index contributed by atoms with van der Waals surface area (Å²) >= 11 is 0. The molecule has 2 aromatic carbocycles. The van der Waals surface area contributed by atoms with Gasteiger partial charge in [-0.05, 0) is 42.0 Å². The van der Waals surface area contributed by atoms with Crippen molar-refractivity contribution in [3.05, 3.63) is 65.5 Å². The Labute approximate surface area is 98.9 Å². The minimum atomic E-state index is -0.288. The average Bonchev–Trinajstić information content (AvgIpc) is 2.38. The maximum atomic E-state index is 12.7. The molecule has 0 N–H and O–H groups in total. The van der Waals surface area contributed by atoms with E-state index in [1.54, 1.807) is 24.3 Å². The van der Waals surface area contributed by atoms with Crippen LogP contribution in [0.5, 0.6) is 5.75 Å². The summed E-state index contributed by atoms with van der Waals surface area (Å²) in [6.07, 6.45) is 0. The summed E-state index contributed by atoms with van der Waals surface area (Å²) in [7, 11) is 0. The molecule has 2 rings (SSSR count). The van der Waals surface area contributed by atoms with Gasteiger partial charge in [0.1, 0.15) is 18.2 Å². The highest BCUT2D eigenvalue weighted by Crippen LogP contribution is 2.13. The number of hydrogen-bond acceptors (Lipinski definition) is 2. The number of halogens is 1. The van der Waals surface area contributed by atoms with Crippen molar-refractivity contribution in [2.75, 3.05) is 0 Å². The van der Waals surface area contributed by atoms with Crippen LogP contribution in [0.4, 0.5) is 4.39 Å². The van der Waals surface area contributed by atoms with Crippen molar-refractivity contribution < 1.29 is 9.13 Å². The molecule has 0 aliphatic carbocycles. The molecule has 0 aliphatic rings. The van der Waals surface area contributed by atoms with Crippen molar-refractivity contribution in [2.24, 2.45) is 0 Å². The second-order valence-corrected chi connectivity index (χ2v) is 3.55. The van der Waals surface area contributed by atoms with Gasteiger partial charge in [0.05, 0.1) is 11.6 Å². The molecule has 2 aromatic rings. The number of hydrogen-bond donors (Lipinski definition) is 0. The Hall–Kier alpha value is -2.34. The lowest BCUT2D eigenvalue weighted by Gasteiger charge is -2.06. The summed E-state index contributed by atoms with van der Waals surface area (Å²) in [6, 6.07) is 15.1. The summed E-state index contributed by atoms with van der Waals surface area (Å²) in [5, 5.41) is 8.75. The first-order valence-electron chi connectivity index (χ1n) is 5.15. The van der Waals surface area contributed by atoms with Gasteiger partial charge in [-0.25, -0.2) is 4.39 Å².